The van der Waals surface area contributed by atoms with Gasteiger partial charge in [0.1, 0.15) is 0 Å². The van der Waals surface area contributed by atoms with Crippen molar-refractivity contribution in [3.8, 4) is 0 Å². The van der Waals surface area contributed by atoms with Crippen molar-refractivity contribution in [2.24, 2.45) is 0 Å². The second-order valence-corrected chi connectivity index (χ2v) is 1.48. The summed E-state index contributed by atoms with van der Waals surface area (Å²) in [5.41, 5.74) is 0. The summed E-state index contributed by atoms with van der Waals surface area (Å²) in [6.45, 7) is 0. The Labute approximate surface area is 177 Å². The number of hydrogen-bond acceptors (Lipinski definition) is 3. The van der Waals surface area contributed by atoms with Crippen molar-refractivity contribution >= 4 is 115 Å². The number of hydrogen-bond donors (Lipinski definition) is 0. The van der Waals surface area contributed by atoms with E-state index in [1.54, 1.807) is 9.47 Å². The largest absolute Gasteiger partial charge is 2.00 e. The Morgan fingerprint density at radius 2 is 1.78 bits per heavy atom. The molecule has 0 bridgehead atoms. The van der Waals surface area contributed by atoms with Crippen LogP contribution in [0.4, 0.5) is 0 Å². The van der Waals surface area contributed by atoms with E-state index >= 15 is 0 Å². The molecule has 0 rings (SSSR count). The second-order valence-electron chi connectivity index (χ2n) is 0.300. The summed E-state index contributed by atoms with van der Waals surface area (Å²) in [5.74, 6) is 0. The SMILES string of the molecule is O=S([O-])OP.[Ba+2].[H-].[H-].[H-].[H-].[Sr+2].[Ti].[Zr]. The summed E-state index contributed by atoms with van der Waals surface area (Å²) in [6, 6.07) is 0. The first-order valence-electron chi connectivity index (χ1n) is 0.736. The Kier molecular flexibility index (Phi) is 75.3. The van der Waals surface area contributed by atoms with Gasteiger partial charge in [0.05, 0.1) is 11.4 Å². The first-order chi connectivity index (χ1) is 2.27. The predicted molar refractivity (Wildman–Crippen MR) is 35.7 cm³/mol. The summed E-state index contributed by atoms with van der Waals surface area (Å²) in [7, 11) is 1.58. The zero-order valence-electron chi connectivity index (χ0n) is 8.62. The van der Waals surface area contributed by atoms with Gasteiger partial charge in [0.2, 0.25) is 0 Å². The Bertz CT molecular complexity index is 70.7. The Morgan fingerprint density at radius 1 is 1.67 bits per heavy atom. The van der Waals surface area contributed by atoms with Crippen LogP contribution in [0.15, 0.2) is 0 Å². The third kappa shape index (κ3) is 32.0. The first kappa shape index (κ1) is 29.2. The summed E-state index contributed by atoms with van der Waals surface area (Å²) in [4.78, 5) is 0. The fourth-order valence-corrected chi connectivity index (χ4v) is 0. The van der Waals surface area contributed by atoms with Crippen LogP contribution in [-0.4, -0.2) is 103 Å². The van der Waals surface area contributed by atoms with E-state index in [0.29, 0.717) is 0 Å². The van der Waals surface area contributed by atoms with E-state index in [-0.39, 0.29) is 148 Å². The summed E-state index contributed by atoms with van der Waals surface area (Å²) in [6.07, 6.45) is 0. The standard InChI is InChI=1S/Ba.H3O3PS.Sr.Ti.Zr.4H/c;1-5(2)3-4;;;;;;;/h;4H2,(H,1,2);;;;;;;/q+2;;+2;;;4*-1/p-1. The average Bonchev–Trinajstić information content (AvgIpc) is 1.38. The fraction of sp³-hybridized carbons (Fsp3) is 0. The minimum Gasteiger partial charge on any atom is -1.00 e. The van der Waals surface area contributed by atoms with Crippen LogP contribution in [0.25, 0.3) is 0 Å². The van der Waals surface area contributed by atoms with Crippen LogP contribution in [-0.2, 0) is 63.3 Å². The zero-order valence-corrected chi connectivity index (χ0v) is 18.5. The van der Waals surface area contributed by atoms with Crippen molar-refractivity contribution in [2.75, 3.05) is 0 Å². The van der Waals surface area contributed by atoms with Gasteiger partial charge in [0.15, 0.2) is 0 Å². The summed E-state index contributed by atoms with van der Waals surface area (Å²) in [5, 5.41) is 0. The maximum Gasteiger partial charge on any atom is 2.00 e. The van der Waals surface area contributed by atoms with Gasteiger partial charge in [-0.15, -0.1) is 0 Å². The van der Waals surface area contributed by atoms with E-state index in [9.17, 15) is 0 Å². The molecule has 0 aromatic rings. The molecule has 9 heavy (non-hydrogen) atoms. The quantitative estimate of drug-likeness (QED) is 0.282. The van der Waals surface area contributed by atoms with Gasteiger partial charge in [-0.05, 0) is 0 Å². The molecule has 2 atom stereocenters. The molecular formula is H6BaO3PSSrTiZr-. The van der Waals surface area contributed by atoms with Crippen LogP contribution in [0.1, 0.15) is 5.71 Å². The van der Waals surface area contributed by atoms with Gasteiger partial charge in [-0.3, -0.25) is 3.97 Å². The maximum absolute atomic E-state index is 9.12. The minimum atomic E-state index is -2.36. The maximum atomic E-state index is 9.12. The van der Waals surface area contributed by atoms with Crippen LogP contribution >= 0.6 is 9.47 Å². The van der Waals surface area contributed by atoms with Gasteiger partial charge in [-0.1, -0.05) is 0 Å². The fourth-order valence-electron chi connectivity index (χ4n) is 0. The molecule has 0 aromatic carbocycles. The van der Waals surface area contributed by atoms with Gasteiger partial charge in [-0.25, -0.2) is 4.21 Å². The van der Waals surface area contributed by atoms with E-state index in [4.69, 9.17) is 8.76 Å². The van der Waals surface area contributed by atoms with Crippen molar-refractivity contribution in [3.63, 3.8) is 0 Å². The molecule has 0 N–H and O–H groups in total. The molecule has 48 valence electrons. The topological polar surface area (TPSA) is 49.4 Å². The Hall–Kier alpha value is 5.15. The predicted octanol–water partition coefficient (Wildman–Crippen LogP) is -0.729. The Morgan fingerprint density at radius 3 is 1.78 bits per heavy atom. The van der Waals surface area contributed by atoms with Crippen LogP contribution in [0.5, 0.6) is 0 Å². The molecule has 0 aliphatic carbocycles. The molecular weight excluding hydrogens is 475 g/mol. The van der Waals surface area contributed by atoms with Crippen LogP contribution in [0.2, 0.25) is 0 Å². The second kappa shape index (κ2) is 23.2. The minimum absolute atomic E-state index is 0. The van der Waals surface area contributed by atoms with Crippen molar-refractivity contribution in [2.45, 2.75) is 0 Å². The third-order valence-electron chi connectivity index (χ3n) is 0.0786. The van der Waals surface area contributed by atoms with E-state index < -0.39 is 11.4 Å². The third-order valence-corrected chi connectivity index (χ3v) is 0.707. The average molecular weight is 481 g/mol. The molecule has 0 fully saturated rings. The van der Waals surface area contributed by atoms with Gasteiger partial charge >= 0.3 is 94.4 Å². The normalized spacial score (nSPS) is 8.22. The summed E-state index contributed by atoms with van der Waals surface area (Å²) >= 11 is -2.36. The Balaban J connectivity index is -0.00000000286. The van der Waals surface area contributed by atoms with Crippen LogP contribution in [0.3, 0.4) is 0 Å². The van der Waals surface area contributed by atoms with Crippen molar-refractivity contribution in [3.05, 3.63) is 0 Å². The zero-order chi connectivity index (χ0) is 4.28. The number of rotatable bonds is 1. The van der Waals surface area contributed by atoms with Crippen LogP contribution in [0, 0.1) is 0 Å². The van der Waals surface area contributed by atoms with E-state index in [1.807, 2.05) is 0 Å². The van der Waals surface area contributed by atoms with Gasteiger partial charge < -0.3 is 10.3 Å². The van der Waals surface area contributed by atoms with Gasteiger partial charge in [-0.2, -0.15) is 0 Å². The monoisotopic (exact) mass is 481 g/mol. The first-order valence-corrected chi connectivity index (χ1v) is 2.21. The van der Waals surface area contributed by atoms with Crippen molar-refractivity contribution in [1.82, 2.24) is 0 Å². The molecule has 2 unspecified atom stereocenters. The van der Waals surface area contributed by atoms with Gasteiger partial charge in [0, 0.05) is 57.4 Å². The van der Waals surface area contributed by atoms with E-state index in [2.05, 4.69) is 3.97 Å². The molecule has 3 nitrogen and oxygen atoms in total. The van der Waals surface area contributed by atoms with Crippen LogP contribution < -0.4 is 0 Å². The molecule has 9 heteroatoms. The summed E-state index contributed by atoms with van der Waals surface area (Å²) < 4.78 is 21.8. The molecule has 0 spiro atoms. The molecule has 0 heterocycles. The molecule has 0 saturated heterocycles. The molecule has 0 saturated carbocycles. The molecule has 0 radical (unpaired) electrons. The smallest absolute Gasteiger partial charge is 1.00 e. The van der Waals surface area contributed by atoms with Crippen molar-refractivity contribution < 1.29 is 66.4 Å². The molecule has 0 aromatic heterocycles. The van der Waals surface area contributed by atoms with E-state index in [0.717, 1.165) is 0 Å². The molecule has 0 aliphatic heterocycles. The van der Waals surface area contributed by atoms with Crippen molar-refractivity contribution in [1.29, 1.82) is 0 Å². The molecule has 0 aliphatic rings. The van der Waals surface area contributed by atoms with Gasteiger partial charge in [0.25, 0.3) is 0 Å². The van der Waals surface area contributed by atoms with E-state index in [1.165, 1.54) is 0 Å². The molecule has 0 amide bonds.